The fraction of sp³-hybridized carbons (Fsp3) is 0.536. The first kappa shape index (κ1) is 29.2. The molecule has 1 aliphatic heterocycles. The maximum atomic E-state index is 14.7. The number of benzene rings is 1. The summed E-state index contributed by atoms with van der Waals surface area (Å²) >= 11 is 0. The minimum atomic E-state index is -5.28. The van der Waals surface area contributed by atoms with E-state index >= 15 is 0 Å². The number of hydrogen-bond acceptors (Lipinski definition) is 7. The molecule has 1 saturated carbocycles. The molecule has 2 aromatic heterocycles. The molecule has 0 bridgehead atoms. The van der Waals surface area contributed by atoms with Gasteiger partial charge in [0, 0.05) is 61.7 Å². The van der Waals surface area contributed by atoms with Crippen LogP contribution in [0.4, 0.5) is 23.4 Å². The Hall–Kier alpha value is -3.29. The van der Waals surface area contributed by atoms with Crippen LogP contribution in [-0.4, -0.2) is 75.7 Å². The van der Waals surface area contributed by atoms with Crippen molar-refractivity contribution < 1.29 is 32.2 Å². The van der Waals surface area contributed by atoms with E-state index in [0.717, 1.165) is 36.2 Å². The molecule has 1 aromatic carbocycles. The van der Waals surface area contributed by atoms with Crippen molar-refractivity contribution in [3.8, 4) is 0 Å². The number of amides is 1. The molecule has 1 saturated heterocycles. The summed E-state index contributed by atoms with van der Waals surface area (Å²) in [5.74, 6) is -4.10. The lowest BCUT2D eigenvalue weighted by Crippen LogP contribution is -2.63. The van der Waals surface area contributed by atoms with Gasteiger partial charge in [-0.05, 0) is 50.8 Å². The lowest BCUT2D eigenvalue weighted by Gasteiger charge is -2.48. The van der Waals surface area contributed by atoms with E-state index in [4.69, 9.17) is 0 Å². The van der Waals surface area contributed by atoms with Gasteiger partial charge in [0.15, 0.2) is 5.82 Å². The molecule has 1 aliphatic carbocycles. The Morgan fingerprint density at radius 2 is 1.88 bits per heavy atom. The van der Waals surface area contributed by atoms with Gasteiger partial charge in [-0.1, -0.05) is 12.1 Å². The second-order valence-corrected chi connectivity index (χ2v) is 11.0. The highest BCUT2D eigenvalue weighted by molar-refractivity contribution is 5.92. The van der Waals surface area contributed by atoms with Crippen LogP contribution >= 0.6 is 0 Å². The molecule has 1 atom stereocenters. The number of aliphatic hydroxyl groups is 1. The molecule has 1 unspecified atom stereocenters. The van der Waals surface area contributed by atoms with Gasteiger partial charge in [0.1, 0.15) is 0 Å². The summed E-state index contributed by atoms with van der Waals surface area (Å²) in [6, 6.07) is 7.52. The Kier molecular flexibility index (Phi) is 7.72. The first-order valence-electron chi connectivity index (χ1n) is 13.5. The summed E-state index contributed by atoms with van der Waals surface area (Å²) in [4.78, 5) is 19.2. The minimum Gasteiger partial charge on any atom is -0.385 e. The number of carbonyl (C=O) groups is 1. The number of aromatic nitrogens is 3. The molecule has 0 spiro atoms. The van der Waals surface area contributed by atoms with Crippen LogP contribution in [0.3, 0.4) is 0 Å². The van der Waals surface area contributed by atoms with E-state index in [1.165, 1.54) is 10.7 Å². The van der Waals surface area contributed by atoms with E-state index in [1.807, 2.05) is 19.1 Å². The number of hydrogen-bond donors (Lipinski definition) is 3. The number of anilines is 1. The molecule has 3 aromatic rings. The molecule has 2 fully saturated rings. The average Bonchev–Trinajstić information content (AvgIpc) is 3.23. The number of halogens is 4. The molecule has 1 amide bonds. The second kappa shape index (κ2) is 10.8. The molecule has 3 heterocycles. The van der Waals surface area contributed by atoms with Crippen LogP contribution < -0.4 is 10.6 Å². The summed E-state index contributed by atoms with van der Waals surface area (Å²) in [6.45, 7) is 3.16. The third kappa shape index (κ3) is 5.62. The first-order valence-corrected chi connectivity index (χ1v) is 13.5. The topological polar surface area (TPSA) is 105 Å². The lowest BCUT2D eigenvalue weighted by molar-refractivity contribution is -0.333. The second-order valence-electron chi connectivity index (χ2n) is 11.0. The molecule has 2 aliphatic rings. The van der Waals surface area contributed by atoms with Gasteiger partial charge >= 0.3 is 12.0 Å². The Morgan fingerprint density at radius 1 is 1.17 bits per heavy atom. The van der Waals surface area contributed by atoms with Gasteiger partial charge in [0.25, 0.3) is 0 Å². The van der Waals surface area contributed by atoms with Gasteiger partial charge in [-0.15, -0.1) is 0 Å². The number of pyridine rings is 1. The van der Waals surface area contributed by atoms with E-state index in [9.17, 15) is 27.5 Å². The number of ether oxygens (including phenoxy) is 1. The van der Waals surface area contributed by atoms with Crippen molar-refractivity contribution in [3.63, 3.8) is 0 Å². The van der Waals surface area contributed by atoms with E-state index in [1.54, 1.807) is 13.2 Å². The highest BCUT2D eigenvalue weighted by Crippen LogP contribution is 2.44. The summed E-state index contributed by atoms with van der Waals surface area (Å²) < 4.78 is 60.5. The van der Waals surface area contributed by atoms with E-state index in [-0.39, 0.29) is 29.7 Å². The smallest absolute Gasteiger partial charge is 0.385 e. The number of likely N-dealkylation sites (tertiary alicyclic amines) is 1. The Balaban J connectivity index is 1.13. The van der Waals surface area contributed by atoms with Gasteiger partial charge in [0.05, 0.1) is 23.7 Å². The SMILES string of the molecule is COC(F)(c1ccc2c(c1)c(NCC(=O)NC1CN(C3CCC(O)(c4ccc(C)nc4)CC3)C1)nn2C)C(F)(F)F. The van der Waals surface area contributed by atoms with Crippen LogP contribution in [0.5, 0.6) is 0 Å². The summed E-state index contributed by atoms with van der Waals surface area (Å²) in [6.07, 6.45) is -0.536. The summed E-state index contributed by atoms with van der Waals surface area (Å²) in [7, 11) is 2.26. The van der Waals surface area contributed by atoms with Crippen LogP contribution in [0.1, 0.15) is 42.5 Å². The number of nitrogens with one attached hydrogen (secondary N) is 2. The van der Waals surface area contributed by atoms with E-state index < -0.39 is 23.2 Å². The molecule has 222 valence electrons. The largest absolute Gasteiger partial charge is 0.453 e. The standard InChI is InChI=1S/C28H34F4N6O3/c1-17-4-5-19(13-33-17)26(40)10-8-21(9-11-26)38-15-20(16-38)35-24(39)14-34-25-22-12-18(6-7-23(22)37(2)36-25)27(29,41-3)28(30,31)32/h4-7,12-13,20-21,40H,8-11,14-16H2,1-3H3,(H,34,36)(H,35,39). The van der Waals surface area contributed by atoms with Crippen LogP contribution in [0, 0.1) is 6.92 Å². The highest BCUT2D eigenvalue weighted by atomic mass is 19.4. The van der Waals surface area contributed by atoms with Crippen molar-refractivity contribution in [2.45, 2.75) is 62.3 Å². The number of carbonyl (C=O) groups excluding carboxylic acids is 1. The van der Waals surface area contributed by atoms with Crippen LogP contribution in [0.15, 0.2) is 36.5 Å². The van der Waals surface area contributed by atoms with Crippen molar-refractivity contribution in [2.75, 3.05) is 32.1 Å². The normalized spacial score (nSPS) is 23.7. The minimum absolute atomic E-state index is 0.0286. The average molecular weight is 579 g/mol. The molecule has 13 heteroatoms. The molecule has 41 heavy (non-hydrogen) atoms. The van der Waals surface area contributed by atoms with Crippen molar-refractivity contribution >= 4 is 22.6 Å². The third-order valence-electron chi connectivity index (χ3n) is 8.31. The summed E-state index contributed by atoms with van der Waals surface area (Å²) in [5, 5.41) is 21.4. The third-order valence-corrected chi connectivity index (χ3v) is 8.31. The maximum absolute atomic E-state index is 14.7. The van der Waals surface area contributed by atoms with E-state index in [0.29, 0.717) is 44.6 Å². The van der Waals surface area contributed by atoms with Crippen molar-refractivity contribution in [3.05, 3.63) is 53.3 Å². The zero-order valence-electron chi connectivity index (χ0n) is 23.1. The Morgan fingerprint density at radius 3 is 2.49 bits per heavy atom. The zero-order valence-corrected chi connectivity index (χ0v) is 23.1. The Bertz CT molecular complexity index is 1400. The van der Waals surface area contributed by atoms with Gasteiger partial charge in [0.2, 0.25) is 5.91 Å². The van der Waals surface area contributed by atoms with Crippen molar-refractivity contribution in [2.24, 2.45) is 7.05 Å². The van der Waals surface area contributed by atoms with Crippen LogP contribution in [0.25, 0.3) is 10.9 Å². The van der Waals surface area contributed by atoms with Crippen LogP contribution in [0.2, 0.25) is 0 Å². The van der Waals surface area contributed by atoms with Crippen molar-refractivity contribution in [1.29, 1.82) is 0 Å². The number of alkyl halides is 4. The number of nitrogens with zero attached hydrogens (tertiary/aromatic N) is 4. The molecular formula is C28H34F4N6O3. The number of aryl methyl sites for hydroxylation is 2. The monoisotopic (exact) mass is 578 g/mol. The molecule has 9 nitrogen and oxygen atoms in total. The fourth-order valence-electron chi connectivity index (χ4n) is 5.82. The fourth-order valence-corrected chi connectivity index (χ4v) is 5.82. The number of fused-ring (bicyclic) bond motifs is 1. The zero-order chi connectivity index (χ0) is 29.6. The van der Waals surface area contributed by atoms with Gasteiger partial charge in [-0.25, -0.2) is 0 Å². The maximum Gasteiger partial charge on any atom is 0.453 e. The predicted molar refractivity (Wildman–Crippen MR) is 144 cm³/mol. The van der Waals surface area contributed by atoms with Crippen LogP contribution in [-0.2, 0) is 28.0 Å². The van der Waals surface area contributed by atoms with Crippen molar-refractivity contribution in [1.82, 2.24) is 25.0 Å². The molecular weight excluding hydrogens is 544 g/mol. The molecule has 3 N–H and O–H groups in total. The predicted octanol–water partition coefficient (Wildman–Crippen LogP) is 3.65. The van der Waals surface area contributed by atoms with E-state index in [2.05, 4.69) is 30.4 Å². The lowest BCUT2D eigenvalue weighted by atomic mass is 9.77. The van der Waals surface area contributed by atoms with Gasteiger partial charge < -0.3 is 20.5 Å². The molecule has 5 rings (SSSR count). The van der Waals surface area contributed by atoms with Gasteiger partial charge in [-0.2, -0.15) is 22.7 Å². The number of methoxy groups -OCH3 is 1. The quantitative estimate of drug-likeness (QED) is 0.351. The summed E-state index contributed by atoms with van der Waals surface area (Å²) in [5.41, 5.74) is 0.646. The Labute approximate surface area is 234 Å². The molecule has 0 radical (unpaired) electrons. The highest BCUT2D eigenvalue weighted by Gasteiger charge is 2.58. The first-order chi connectivity index (χ1) is 19.3. The van der Waals surface area contributed by atoms with Gasteiger partial charge in [-0.3, -0.25) is 19.4 Å². The number of rotatable bonds is 8.